The Hall–Kier alpha value is -0.630. The Morgan fingerprint density at radius 1 is 1.26 bits per heavy atom. The molecule has 0 unspecified atom stereocenters. The van der Waals surface area contributed by atoms with Crippen LogP contribution in [0.1, 0.15) is 50.9 Å². The van der Waals surface area contributed by atoms with Gasteiger partial charge in [-0.1, -0.05) is 13.8 Å². The third-order valence-electron chi connectivity index (χ3n) is 4.22. The zero-order chi connectivity index (χ0) is 16.5. The predicted molar refractivity (Wildman–Crippen MR) is 94.3 cm³/mol. The minimum absolute atomic E-state index is 0. The van der Waals surface area contributed by atoms with E-state index in [4.69, 9.17) is 5.73 Å². The summed E-state index contributed by atoms with van der Waals surface area (Å²) in [5.74, 6) is 0.418. The van der Waals surface area contributed by atoms with Crippen LogP contribution >= 0.6 is 12.4 Å². The highest BCUT2D eigenvalue weighted by Gasteiger charge is 2.29. The van der Waals surface area contributed by atoms with Gasteiger partial charge >= 0.3 is 0 Å². The number of hydrogen-bond acceptors (Lipinski definition) is 4. The first kappa shape index (κ1) is 20.4. The zero-order valence-electron chi connectivity index (χ0n) is 14.4. The minimum atomic E-state index is -3.53. The standard InChI is InChI=1S/C15H28N4O2S.ClH/c1-10(2)9-19-12(4)15(11(3)17-19)22(20,21)18-14-7-5-13(16)6-8-14;/h10,13-14,18H,5-9,16H2,1-4H3;1H. The summed E-state index contributed by atoms with van der Waals surface area (Å²) in [5, 5.41) is 4.40. The fraction of sp³-hybridized carbons (Fsp3) is 0.800. The average Bonchev–Trinajstić information content (AvgIpc) is 2.66. The summed E-state index contributed by atoms with van der Waals surface area (Å²) in [7, 11) is -3.53. The molecule has 1 heterocycles. The third-order valence-corrected chi connectivity index (χ3v) is 5.99. The Balaban J connectivity index is 0.00000264. The van der Waals surface area contributed by atoms with Gasteiger partial charge in [-0.15, -0.1) is 12.4 Å². The van der Waals surface area contributed by atoms with Gasteiger partial charge in [0.05, 0.1) is 11.4 Å². The monoisotopic (exact) mass is 364 g/mol. The van der Waals surface area contributed by atoms with Crippen molar-refractivity contribution in [3.8, 4) is 0 Å². The molecule has 1 saturated carbocycles. The van der Waals surface area contributed by atoms with Gasteiger partial charge in [-0.3, -0.25) is 4.68 Å². The largest absolute Gasteiger partial charge is 0.328 e. The molecule has 1 aliphatic carbocycles. The van der Waals surface area contributed by atoms with Crippen molar-refractivity contribution in [2.75, 3.05) is 0 Å². The number of hydrogen-bond donors (Lipinski definition) is 2. The molecule has 0 spiro atoms. The van der Waals surface area contributed by atoms with E-state index in [0.717, 1.165) is 32.2 Å². The predicted octanol–water partition coefficient (Wildman–Crippen LogP) is 2.13. The van der Waals surface area contributed by atoms with Crippen molar-refractivity contribution < 1.29 is 8.42 Å². The molecular formula is C15H29ClN4O2S. The van der Waals surface area contributed by atoms with Gasteiger partial charge in [0, 0.05) is 18.6 Å². The van der Waals surface area contributed by atoms with Crippen molar-refractivity contribution in [1.29, 1.82) is 0 Å². The normalized spacial score (nSPS) is 22.2. The lowest BCUT2D eigenvalue weighted by atomic mass is 9.93. The number of nitrogens with zero attached hydrogens (tertiary/aromatic N) is 2. The quantitative estimate of drug-likeness (QED) is 0.837. The number of rotatable bonds is 5. The van der Waals surface area contributed by atoms with Crippen LogP contribution in [0.3, 0.4) is 0 Å². The molecule has 1 fully saturated rings. The van der Waals surface area contributed by atoms with Crippen molar-refractivity contribution in [3.63, 3.8) is 0 Å². The number of nitrogens with one attached hydrogen (secondary N) is 1. The van der Waals surface area contributed by atoms with Gasteiger partial charge < -0.3 is 5.73 Å². The molecule has 134 valence electrons. The third kappa shape index (κ3) is 4.92. The maximum absolute atomic E-state index is 12.7. The first-order valence-electron chi connectivity index (χ1n) is 8.02. The average molecular weight is 365 g/mol. The van der Waals surface area contributed by atoms with E-state index in [9.17, 15) is 8.42 Å². The topological polar surface area (TPSA) is 90.0 Å². The van der Waals surface area contributed by atoms with Crippen LogP contribution < -0.4 is 10.5 Å². The van der Waals surface area contributed by atoms with E-state index in [1.807, 2.05) is 6.92 Å². The van der Waals surface area contributed by atoms with E-state index in [0.29, 0.717) is 22.2 Å². The fourth-order valence-electron chi connectivity index (χ4n) is 3.11. The summed E-state index contributed by atoms with van der Waals surface area (Å²) in [6.07, 6.45) is 3.35. The molecule has 0 saturated heterocycles. The summed E-state index contributed by atoms with van der Waals surface area (Å²) in [5.41, 5.74) is 7.16. The Morgan fingerprint density at radius 3 is 2.35 bits per heavy atom. The number of halogens is 1. The van der Waals surface area contributed by atoms with Crippen molar-refractivity contribution in [2.45, 2.75) is 76.9 Å². The summed E-state index contributed by atoms with van der Waals surface area (Å²) in [4.78, 5) is 0.336. The summed E-state index contributed by atoms with van der Waals surface area (Å²) in [6, 6.07) is 0.190. The van der Waals surface area contributed by atoms with E-state index < -0.39 is 10.0 Å². The number of sulfonamides is 1. The van der Waals surface area contributed by atoms with Crippen molar-refractivity contribution in [2.24, 2.45) is 11.7 Å². The van der Waals surface area contributed by atoms with Crippen molar-refractivity contribution in [1.82, 2.24) is 14.5 Å². The maximum atomic E-state index is 12.7. The molecule has 3 N–H and O–H groups in total. The first-order chi connectivity index (χ1) is 10.2. The molecule has 1 aromatic heterocycles. The summed E-state index contributed by atoms with van der Waals surface area (Å²) < 4.78 is 30.1. The van der Waals surface area contributed by atoms with Gasteiger partial charge in [0.25, 0.3) is 0 Å². The second-order valence-electron chi connectivity index (χ2n) is 6.81. The molecule has 8 heteroatoms. The molecule has 6 nitrogen and oxygen atoms in total. The first-order valence-corrected chi connectivity index (χ1v) is 9.51. The van der Waals surface area contributed by atoms with Crippen LogP contribution in [0.5, 0.6) is 0 Å². The Kier molecular flexibility index (Phi) is 7.07. The highest BCUT2D eigenvalue weighted by Crippen LogP contribution is 2.23. The molecule has 1 aliphatic rings. The fourth-order valence-corrected chi connectivity index (χ4v) is 4.82. The SMILES string of the molecule is Cc1nn(CC(C)C)c(C)c1S(=O)(=O)NC1CCC(N)CC1.Cl. The van der Waals surface area contributed by atoms with E-state index in [1.165, 1.54) is 0 Å². The molecule has 0 radical (unpaired) electrons. The molecule has 0 atom stereocenters. The van der Waals surface area contributed by atoms with Crippen LogP contribution in [0.25, 0.3) is 0 Å². The molecule has 0 amide bonds. The lowest BCUT2D eigenvalue weighted by Gasteiger charge is -2.26. The van der Waals surface area contributed by atoms with Gasteiger partial charge in [-0.05, 0) is 45.4 Å². The lowest BCUT2D eigenvalue weighted by Crippen LogP contribution is -2.40. The highest BCUT2D eigenvalue weighted by atomic mass is 35.5. The number of nitrogens with two attached hydrogens (primary N) is 1. The molecule has 0 bridgehead atoms. The van der Waals surface area contributed by atoms with Crippen LogP contribution in [0.15, 0.2) is 4.90 Å². The summed E-state index contributed by atoms with van der Waals surface area (Å²) >= 11 is 0. The smallest absolute Gasteiger partial charge is 0.244 e. The van der Waals surface area contributed by atoms with Gasteiger partial charge in [-0.2, -0.15) is 5.10 Å². The Labute approximate surface area is 145 Å². The lowest BCUT2D eigenvalue weighted by molar-refractivity contribution is 0.373. The van der Waals surface area contributed by atoms with Gasteiger partial charge in [0.1, 0.15) is 4.90 Å². The van der Waals surface area contributed by atoms with Crippen LogP contribution in [0.2, 0.25) is 0 Å². The maximum Gasteiger partial charge on any atom is 0.244 e. The second kappa shape index (κ2) is 7.96. The van der Waals surface area contributed by atoms with E-state index in [1.54, 1.807) is 11.6 Å². The highest BCUT2D eigenvalue weighted by molar-refractivity contribution is 7.89. The van der Waals surface area contributed by atoms with Crippen LogP contribution in [-0.4, -0.2) is 30.3 Å². The van der Waals surface area contributed by atoms with E-state index in [2.05, 4.69) is 23.7 Å². The number of aromatic nitrogens is 2. The molecular weight excluding hydrogens is 336 g/mol. The van der Waals surface area contributed by atoms with E-state index >= 15 is 0 Å². The number of aryl methyl sites for hydroxylation is 1. The van der Waals surface area contributed by atoms with Crippen LogP contribution in [0.4, 0.5) is 0 Å². The van der Waals surface area contributed by atoms with E-state index in [-0.39, 0.29) is 24.5 Å². The minimum Gasteiger partial charge on any atom is -0.328 e. The molecule has 2 rings (SSSR count). The van der Waals surface area contributed by atoms with Crippen molar-refractivity contribution in [3.05, 3.63) is 11.4 Å². The van der Waals surface area contributed by atoms with Crippen LogP contribution in [-0.2, 0) is 16.6 Å². The Bertz CT molecular complexity index is 620. The van der Waals surface area contributed by atoms with Crippen LogP contribution in [0, 0.1) is 19.8 Å². The molecule has 1 aromatic rings. The molecule has 23 heavy (non-hydrogen) atoms. The molecule has 0 aliphatic heterocycles. The van der Waals surface area contributed by atoms with Gasteiger partial charge in [0.15, 0.2) is 0 Å². The Morgan fingerprint density at radius 2 is 1.83 bits per heavy atom. The van der Waals surface area contributed by atoms with Gasteiger partial charge in [0.2, 0.25) is 10.0 Å². The van der Waals surface area contributed by atoms with Gasteiger partial charge in [-0.25, -0.2) is 13.1 Å². The second-order valence-corrected chi connectivity index (χ2v) is 8.46. The molecule has 0 aromatic carbocycles. The zero-order valence-corrected chi connectivity index (χ0v) is 16.0. The summed E-state index contributed by atoms with van der Waals surface area (Å²) in [6.45, 7) is 8.49. The van der Waals surface area contributed by atoms with Crippen molar-refractivity contribution >= 4 is 22.4 Å².